The van der Waals surface area contributed by atoms with Crippen LogP contribution in [0.2, 0.25) is 0 Å². The number of hydrogen-bond donors (Lipinski definition) is 1. The second-order valence-corrected chi connectivity index (χ2v) is 5.68. The standard InChI is InChI=1S/C15H16N2O4/c1-2-8-5-10-11(6-8)14(19)17(13(10)18)12-7-9(15(20)21)3-4-16-12/h3-4,7-8,10-11H,2,5-6H2,1H3,(H,20,21). The summed E-state index contributed by atoms with van der Waals surface area (Å²) in [4.78, 5) is 41.0. The minimum Gasteiger partial charge on any atom is -0.478 e. The predicted octanol–water partition coefficient (Wildman–Crippen LogP) is 1.71. The Balaban J connectivity index is 1.91. The van der Waals surface area contributed by atoms with E-state index in [2.05, 4.69) is 11.9 Å². The molecule has 2 heterocycles. The molecule has 2 fully saturated rings. The predicted molar refractivity (Wildman–Crippen MR) is 73.7 cm³/mol. The molecule has 1 aliphatic carbocycles. The molecule has 1 saturated carbocycles. The molecule has 1 saturated heterocycles. The van der Waals surface area contributed by atoms with Crippen LogP contribution in [0.25, 0.3) is 0 Å². The average Bonchev–Trinajstić information content (AvgIpc) is 3.00. The van der Waals surface area contributed by atoms with Gasteiger partial charge in [0.05, 0.1) is 17.4 Å². The maximum absolute atomic E-state index is 12.5. The van der Waals surface area contributed by atoms with Crippen molar-refractivity contribution in [1.82, 2.24) is 4.98 Å². The maximum Gasteiger partial charge on any atom is 0.335 e. The van der Waals surface area contributed by atoms with Crippen LogP contribution in [-0.4, -0.2) is 27.9 Å². The lowest BCUT2D eigenvalue weighted by molar-refractivity contribution is -0.123. The highest BCUT2D eigenvalue weighted by molar-refractivity contribution is 6.22. The normalized spacial score (nSPS) is 28.0. The van der Waals surface area contributed by atoms with Crippen LogP contribution in [0.4, 0.5) is 5.82 Å². The molecule has 6 nitrogen and oxygen atoms in total. The van der Waals surface area contributed by atoms with Crippen molar-refractivity contribution in [2.24, 2.45) is 17.8 Å². The van der Waals surface area contributed by atoms with Gasteiger partial charge in [0.1, 0.15) is 5.82 Å². The van der Waals surface area contributed by atoms with E-state index in [1.54, 1.807) is 0 Å². The molecule has 110 valence electrons. The molecule has 6 heteroatoms. The van der Waals surface area contributed by atoms with Gasteiger partial charge in [-0.25, -0.2) is 14.7 Å². The first-order valence-corrected chi connectivity index (χ1v) is 7.10. The Labute approximate surface area is 121 Å². The van der Waals surface area contributed by atoms with Gasteiger partial charge in [0.2, 0.25) is 11.8 Å². The van der Waals surface area contributed by atoms with Crippen LogP contribution in [0.5, 0.6) is 0 Å². The molecular formula is C15H16N2O4. The van der Waals surface area contributed by atoms with Crippen molar-refractivity contribution >= 4 is 23.6 Å². The zero-order chi connectivity index (χ0) is 15.1. The van der Waals surface area contributed by atoms with Gasteiger partial charge in [0.25, 0.3) is 0 Å². The van der Waals surface area contributed by atoms with E-state index in [1.807, 2.05) is 0 Å². The minimum absolute atomic E-state index is 0.0177. The fourth-order valence-corrected chi connectivity index (χ4v) is 3.36. The number of carbonyl (C=O) groups is 3. The van der Waals surface area contributed by atoms with Gasteiger partial charge in [-0.3, -0.25) is 9.59 Å². The Morgan fingerprint density at radius 2 is 1.95 bits per heavy atom. The van der Waals surface area contributed by atoms with Crippen molar-refractivity contribution in [2.75, 3.05) is 4.90 Å². The second-order valence-electron chi connectivity index (χ2n) is 5.68. The smallest absolute Gasteiger partial charge is 0.335 e. The number of pyridine rings is 1. The van der Waals surface area contributed by atoms with Gasteiger partial charge in [0.15, 0.2) is 0 Å². The maximum atomic E-state index is 12.5. The van der Waals surface area contributed by atoms with Crippen molar-refractivity contribution in [3.05, 3.63) is 23.9 Å². The van der Waals surface area contributed by atoms with Crippen LogP contribution in [-0.2, 0) is 9.59 Å². The Morgan fingerprint density at radius 1 is 1.33 bits per heavy atom. The van der Waals surface area contributed by atoms with Crippen LogP contribution >= 0.6 is 0 Å². The summed E-state index contributed by atoms with van der Waals surface area (Å²) in [5.74, 6) is -1.58. The lowest BCUT2D eigenvalue weighted by Gasteiger charge is -2.16. The first kappa shape index (κ1) is 13.7. The number of carboxylic acid groups (broad SMARTS) is 1. The molecule has 2 amide bonds. The molecule has 0 aromatic carbocycles. The molecule has 0 radical (unpaired) electrons. The Bertz CT molecular complexity index is 604. The molecule has 3 rings (SSSR count). The molecule has 2 atom stereocenters. The highest BCUT2D eigenvalue weighted by atomic mass is 16.4. The number of fused-ring (bicyclic) bond motifs is 1. The van der Waals surface area contributed by atoms with E-state index in [4.69, 9.17) is 5.11 Å². The number of carbonyl (C=O) groups excluding carboxylic acids is 2. The lowest BCUT2D eigenvalue weighted by Crippen LogP contribution is -2.33. The van der Waals surface area contributed by atoms with Crippen molar-refractivity contribution in [3.8, 4) is 0 Å². The molecular weight excluding hydrogens is 272 g/mol. The topological polar surface area (TPSA) is 87.6 Å². The van der Waals surface area contributed by atoms with Crippen molar-refractivity contribution in [2.45, 2.75) is 26.2 Å². The van der Waals surface area contributed by atoms with E-state index in [9.17, 15) is 14.4 Å². The summed E-state index contributed by atoms with van der Waals surface area (Å²) < 4.78 is 0. The Hall–Kier alpha value is -2.24. The van der Waals surface area contributed by atoms with Crippen LogP contribution < -0.4 is 4.90 Å². The fraction of sp³-hybridized carbons (Fsp3) is 0.467. The second kappa shape index (κ2) is 4.95. The van der Waals surface area contributed by atoms with Crippen molar-refractivity contribution < 1.29 is 19.5 Å². The van der Waals surface area contributed by atoms with Gasteiger partial charge in [-0.15, -0.1) is 0 Å². The van der Waals surface area contributed by atoms with Gasteiger partial charge in [0, 0.05) is 6.20 Å². The number of imide groups is 1. The largest absolute Gasteiger partial charge is 0.478 e. The minimum atomic E-state index is -1.11. The zero-order valence-electron chi connectivity index (χ0n) is 11.7. The van der Waals surface area contributed by atoms with E-state index in [-0.39, 0.29) is 35.0 Å². The molecule has 0 bridgehead atoms. The monoisotopic (exact) mass is 288 g/mol. The summed E-state index contributed by atoms with van der Waals surface area (Å²) in [7, 11) is 0. The highest BCUT2D eigenvalue weighted by Gasteiger charge is 2.53. The van der Waals surface area contributed by atoms with Gasteiger partial charge in [-0.05, 0) is 30.9 Å². The number of rotatable bonds is 3. The summed E-state index contributed by atoms with van der Waals surface area (Å²) in [5.41, 5.74) is 0.0177. The van der Waals surface area contributed by atoms with E-state index in [0.717, 1.165) is 24.2 Å². The highest BCUT2D eigenvalue weighted by Crippen LogP contribution is 2.45. The molecule has 1 N–H and O–H groups in total. The molecule has 1 aliphatic heterocycles. The van der Waals surface area contributed by atoms with Crippen molar-refractivity contribution in [1.29, 1.82) is 0 Å². The average molecular weight is 288 g/mol. The van der Waals surface area contributed by atoms with Crippen LogP contribution in [0.15, 0.2) is 18.3 Å². The van der Waals surface area contributed by atoms with Crippen LogP contribution in [0.3, 0.4) is 0 Å². The zero-order valence-corrected chi connectivity index (χ0v) is 11.7. The van der Waals surface area contributed by atoms with Gasteiger partial charge >= 0.3 is 5.97 Å². The first-order chi connectivity index (χ1) is 10.0. The lowest BCUT2D eigenvalue weighted by atomic mass is 10.00. The van der Waals surface area contributed by atoms with Crippen LogP contribution in [0, 0.1) is 17.8 Å². The van der Waals surface area contributed by atoms with Crippen molar-refractivity contribution in [3.63, 3.8) is 0 Å². The quantitative estimate of drug-likeness (QED) is 0.855. The molecule has 1 aromatic rings. The number of aromatic nitrogens is 1. The van der Waals surface area contributed by atoms with Crippen LogP contribution in [0.1, 0.15) is 36.5 Å². The number of aromatic carboxylic acids is 1. The summed E-state index contributed by atoms with van der Waals surface area (Å²) in [6.45, 7) is 2.07. The SMILES string of the molecule is CCC1CC2C(=O)N(c3cc(C(=O)O)ccn3)C(=O)C2C1. The number of nitrogens with zero attached hydrogens (tertiary/aromatic N) is 2. The Kier molecular flexibility index (Phi) is 3.23. The van der Waals surface area contributed by atoms with Gasteiger partial charge < -0.3 is 5.11 Å². The van der Waals surface area contributed by atoms with E-state index in [0.29, 0.717) is 5.92 Å². The third-order valence-electron chi connectivity index (χ3n) is 4.53. The number of anilines is 1. The molecule has 2 aliphatic rings. The van der Waals surface area contributed by atoms with Gasteiger partial charge in [-0.1, -0.05) is 13.3 Å². The summed E-state index contributed by atoms with van der Waals surface area (Å²) in [5, 5.41) is 9.00. The summed E-state index contributed by atoms with van der Waals surface area (Å²) in [6.07, 6.45) is 3.75. The molecule has 2 unspecified atom stereocenters. The first-order valence-electron chi connectivity index (χ1n) is 7.10. The number of hydrogen-bond acceptors (Lipinski definition) is 4. The molecule has 0 spiro atoms. The number of amides is 2. The van der Waals surface area contributed by atoms with E-state index < -0.39 is 5.97 Å². The molecule has 1 aromatic heterocycles. The summed E-state index contributed by atoms with van der Waals surface area (Å²) in [6, 6.07) is 2.61. The van der Waals surface area contributed by atoms with E-state index in [1.165, 1.54) is 18.3 Å². The third kappa shape index (κ3) is 2.11. The fourth-order valence-electron chi connectivity index (χ4n) is 3.36. The third-order valence-corrected chi connectivity index (χ3v) is 4.53. The molecule has 21 heavy (non-hydrogen) atoms. The Morgan fingerprint density at radius 3 is 2.48 bits per heavy atom. The summed E-state index contributed by atoms with van der Waals surface area (Å²) >= 11 is 0. The van der Waals surface area contributed by atoms with Gasteiger partial charge in [-0.2, -0.15) is 0 Å². The van der Waals surface area contributed by atoms with E-state index >= 15 is 0 Å². The number of carboxylic acids is 1.